The minimum atomic E-state index is -0.707. The summed E-state index contributed by atoms with van der Waals surface area (Å²) in [6.07, 6.45) is 0. The molecule has 2 aromatic carbocycles. The minimum Gasteiger partial charge on any atom is -0.490 e. The number of ether oxygens (including phenoxy) is 3. The number of esters is 1. The van der Waals surface area contributed by atoms with E-state index >= 15 is 0 Å². The number of benzene rings is 2. The maximum atomic E-state index is 12.7. The molecule has 3 heterocycles. The molecule has 38 heavy (non-hydrogen) atoms. The molecule has 4 aromatic rings. The Morgan fingerprint density at radius 1 is 1.32 bits per heavy atom. The number of aromatic amines is 1. The van der Waals surface area contributed by atoms with Gasteiger partial charge in [-0.1, -0.05) is 29.3 Å². The summed E-state index contributed by atoms with van der Waals surface area (Å²) in [5, 5.41) is 20.0. The van der Waals surface area contributed by atoms with Crippen molar-refractivity contribution in [1.82, 2.24) is 10.2 Å². The number of hydrogen-bond donors (Lipinski definition) is 2. The molecule has 0 fully saturated rings. The molecule has 0 amide bonds. The first-order valence-corrected chi connectivity index (χ1v) is 13.6. The molecule has 2 aromatic heterocycles. The number of nitrogens with zero attached hydrogens (tertiary/aromatic N) is 2. The van der Waals surface area contributed by atoms with Gasteiger partial charge in [-0.05, 0) is 70.2 Å². The van der Waals surface area contributed by atoms with E-state index in [1.807, 2.05) is 6.92 Å². The second kappa shape index (κ2) is 10.7. The third-order valence-corrected chi connectivity index (χ3v) is 7.71. The molecule has 12 heteroatoms. The van der Waals surface area contributed by atoms with Crippen molar-refractivity contribution in [2.75, 3.05) is 6.61 Å². The van der Waals surface area contributed by atoms with Crippen LogP contribution in [0.1, 0.15) is 33.6 Å². The molecule has 0 aliphatic carbocycles. The Morgan fingerprint density at radius 3 is 2.82 bits per heavy atom. The highest BCUT2D eigenvalue weighted by Crippen LogP contribution is 2.49. The van der Waals surface area contributed by atoms with Gasteiger partial charge in [-0.25, -0.2) is 4.79 Å². The number of hydrogen-bond acceptors (Lipinski definition) is 8. The second-order valence-electron chi connectivity index (χ2n) is 8.00. The second-order valence-corrected chi connectivity index (χ2v) is 10.6. The van der Waals surface area contributed by atoms with Crippen LogP contribution in [-0.2, 0) is 0 Å². The van der Waals surface area contributed by atoms with E-state index in [0.717, 1.165) is 0 Å². The zero-order valence-corrected chi connectivity index (χ0v) is 23.5. The largest absolute Gasteiger partial charge is 0.490 e. The van der Waals surface area contributed by atoms with Gasteiger partial charge in [0.25, 0.3) is 0 Å². The molecule has 5 rings (SSSR count). The number of halogens is 3. The first-order valence-electron chi connectivity index (χ1n) is 11.2. The van der Waals surface area contributed by atoms with Crippen LogP contribution in [0.5, 0.6) is 17.4 Å². The summed E-state index contributed by atoms with van der Waals surface area (Å²) >= 11 is 17.4. The minimum absolute atomic E-state index is 0.0764. The molecule has 1 aliphatic rings. The highest BCUT2D eigenvalue weighted by atomic mass is 79.9. The van der Waals surface area contributed by atoms with E-state index in [-0.39, 0.29) is 23.1 Å². The van der Waals surface area contributed by atoms with Crippen LogP contribution >= 0.6 is 50.5 Å². The molecule has 0 unspecified atom stereocenters. The van der Waals surface area contributed by atoms with E-state index in [1.54, 1.807) is 47.8 Å². The Labute approximate surface area is 239 Å². The predicted molar refractivity (Wildman–Crippen MR) is 148 cm³/mol. The van der Waals surface area contributed by atoms with Gasteiger partial charge in [0, 0.05) is 10.6 Å². The van der Waals surface area contributed by atoms with Gasteiger partial charge >= 0.3 is 5.97 Å². The summed E-state index contributed by atoms with van der Waals surface area (Å²) in [7, 11) is 0. The fourth-order valence-corrected chi connectivity index (χ4v) is 5.77. The van der Waals surface area contributed by atoms with Crippen molar-refractivity contribution in [1.29, 1.82) is 5.26 Å². The lowest BCUT2D eigenvalue weighted by Crippen LogP contribution is -2.21. The number of allylic oxidation sites excluding steroid dienone is 1. The maximum absolute atomic E-state index is 12.7. The first kappa shape index (κ1) is 26.1. The van der Waals surface area contributed by atoms with Gasteiger partial charge in [-0.2, -0.15) is 5.26 Å². The smallest absolute Gasteiger partial charge is 0.353 e. The topological polar surface area (TPSA) is 123 Å². The monoisotopic (exact) mass is 630 g/mol. The Kier molecular flexibility index (Phi) is 7.36. The van der Waals surface area contributed by atoms with E-state index in [4.69, 9.17) is 43.1 Å². The van der Waals surface area contributed by atoms with Crippen molar-refractivity contribution in [3.63, 3.8) is 0 Å². The number of nitrogens with one attached hydrogen (secondary N) is 1. The maximum Gasteiger partial charge on any atom is 0.353 e. The van der Waals surface area contributed by atoms with Crippen LogP contribution in [0, 0.1) is 11.3 Å². The zero-order chi connectivity index (χ0) is 27.0. The van der Waals surface area contributed by atoms with Gasteiger partial charge in [0.1, 0.15) is 16.5 Å². The molecule has 0 spiro atoms. The van der Waals surface area contributed by atoms with Gasteiger partial charge < -0.3 is 19.9 Å². The van der Waals surface area contributed by atoms with E-state index in [0.29, 0.717) is 54.1 Å². The lowest BCUT2D eigenvalue weighted by atomic mass is 9.83. The molecule has 0 saturated heterocycles. The van der Waals surface area contributed by atoms with Crippen LogP contribution in [0.2, 0.25) is 10.0 Å². The van der Waals surface area contributed by atoms with Gasteiger partial charge in [0.05, 0.1) is 33.3 Å². The molecule has 192 valence electrons. The van der Waals surface area contributed by atoms with Gasteiger partial charge in [0.2, 0.25) is 11.8 Å². The number of rotatable bonds is 6. The van der Waals surface area contributed by atoms with Crippen molar-refractivity contribution in [3.05, 3.63) is 89.8 Å². The number of nitrogens with two attached hydrogens (primary N) is 1. The number of thiophene rings is 1. The van der Waals surface area contributed by atoms with E-state index in [9.17, 15) is 10.1 Å². The molecule has 8 nitrogen and oxygen atoms in total. The summed E-state index contributed by atoms with van der Waals surface area (Å²) in [5.74, 6) is -0.576. The number of carbonyl (C=O) groups excluding carboxylic acids is 1. The highest BCUT2D eigenvalue weighted by molar-refractivity contribution is 9.10. The summed E-state index contributed by atoms with van der Waals surface area (Å²) < 4.78 is 17.7. The predicted octanol–water partition coefficient (Wildman–Crippen LogP) is 7.04. The number of fused-ring (bicyclic) bond motifs is 1. The third-order valence-electron chi connectivity index (χ3n) is 5.72. The van der Waals surface area contributed by atoms with Crippen LogP contribution in [0.3, 0.4) is 0 Å². The van der Waals surface area contributed by atoms with Crippen LogP contribution in [0.15, 0.2) is 63.8 Å². The quantitative estimate of drug-likeness (QED) is 0.173. The van der Waals surface area contributed by atoms with Crippen molar-refractivity contribution in [2.24, 2.45) is 5.73 Å². The summed E-state index contributed by atoms with van der Waals surface area (Å²) in [4.78, 5) is 13.1. The molecule has 3 N–H and O–H groups in total. The Bertz CT molecular complexity index is 1630. The first-order chi connectivity index (χ1) is 18.3. The summed E-state index contributed by atoms with van der Waals surface area (Å²) in [6, 6.07) is 14.1. The molecule has 1 aliphatic heterocycles. The highest BCUT2D eigenvalue weighted by Gasteiger charge is 2.37. The van der Waals surface area contributed by atoms with Crippen LogP contribution in [0.25, 0.3) is 11.3 Å². The molecule has 0 bridgehead atoms. The number of carbonyl (C=O) groups is 1. The number of H-pyrrole nitrogens is 1. The lowest BCUT2D eigenvalue weighted by molar-refractivity contribution is 0.0732. The third kappa shape index (κ3) is 4.74. The SMILES string of the molecule is CCOc1cc([C@H]2C(C#N)=C(N)Oc3n[nH]c(-c4ccc(Cl)cc4Cl)c32)cc(Br)c1OC(=O)c1cccs1. The average Bonchev–Trinajstić information content (AvgIpc) is 3.56. The summed E-state index contributed by atoms with van der Waals surface area (Å²) in [6.45, 7) is 2.12. The Hall–Kier alpha value is -3.49. The molecular formula is C26H17BrCl2N4O4S. The zero-order valence-electron chi connectivity index (χ0n) is 19.6. The average molecular weight is 632 g/mol. The van der Waals surface area contributed by atoms with Crippen LogP contribution < -0.4 is 19.9 Å². The van der Waals surface area contributed by atoms with E-state index < -0.39 is 11.9 Å². The normalized spacial score (nSPS) is 14.4. The molecule has 1 atom stereocenters. The summed E-state index contributed by atoms with van der Waals surface area (Å²) in [5.41, 5.74) is 8.63. The van der Waals surface area contributed by atoms with Crippen molar-refractivity contribution < 1.29 is 19.0 Å². The molecule has 0 radical (unpaired) electrons. The number of aromatic nitrogens is 2. The van der Waals surface area contributed by atoms with Gasteiger partial charge in [0.15, 0.2) is 11.5 Å². The van der Waals surface area contributed by atoms with Gasteiger partial charge in [-0.15, -0.1) is 16.4 Å². The lowest BCUT2D eigenvalue weighted by Gasteiger charge is -2.25. The molecular weight excluding hydrogens is 615 g/mol. The molecule has 0 saturated carbocycles. The number of nitriles is 1. The van der Waals surface area contributed by atoms with E-state index in [2.05, 4.69) is 32.2 Å². The fraction of sp³-hybridized carbons (Fsp3) is 0.115. The van der Waals surface area contributed by atoms with Crippen molar-refractivity contribution >= 4 is 56.4 Å². The van der Waals surface area contributed by atoms with Crippen LogP contribution in [0.4, 0.5) is 0 Å². The van der Waals surface area contributed by atoms with Crippen LogP contribution in [-0.4, -0.2) is 22.8 Å². The van der Waals surface area contributed by atoms with Gasteiger partial charge in [-0.3, -0.25) is 5.10 Å². The standard InChI is InChI=1S/C26H17BrCl2N4O4S/c1-2-35-18-9-12(8-16(27)23(18)36-26(34)19-4-3-7-38-19)20-15(11-30)24(31)37-25-21(20)22(32-33-25)14-6-5-13(28)10-17(14)29/h3-10,20H,2,31H2,1H3,(H,32,33)/t20-/m0/s1. The Morgan fingerprint density at radius 2 is 2.13 bits per heavy atom. The van der Waals surface area contributed by atoms with Crippen molar-refractivity contribution in [3.8, 4) is 34.7 Å². The Balaban J connectivity index is 1.66. The van der Waals surface area contributed by atoms with E-state index in [1.165, 1.54) is 11.3 Å². The van der Waals surface area contributed by atoms with Crippen molar-refractivity contribution in [2.45, 2.75) is 12.8 Å². The fourth-order valence-electron chi connectivity index (χ4n) is 4.13.